The van der Waals surface area contributed by atoms with E-state index < -0.39 is 24.4 Å². The van der Waals surface area contributed by atoms with Gasteiger partial charge in [-0.05, 0) is 43.9 Å². The first-order valence-electron chi connectivity index (χ1n) is 9.44. The van der Waals surface area contributed by atoms with Crippen molar-refractivity contribution >= 4 is 39.2 Å². The summed E-state index contributed by atoms with van der Waals surface area (Å²) in [7, 11) is 0. The standard InChI is InChI=1S/C21H20BrNO5/c22-11-7-8-17(28-10-18(26)27)12(9-11)19-20-13(3-1-5-15(20)24)23-14-4-2-6-16(25)21(14)19/h7-9,19-20H,1-6,10H2,(H,26,27)/p-1. The Morgan fingerprint density at radius 2 is 1.93 bits per heavy atom. The Labute approximate surface area is 170 Å². The van der Waals surface area contributed by atoms with Crippen LogP contribution in [-0.2, 0) is 14.4 Å². The molecule has 0 amide bonds. The first-order valence-corrected chi connectivity index (χ1v) is 10.2. The molecule has 0 saturated heterocycles. The average Bonchev–Trinajstić information content (AvgIpc) is 2.66. The van der Waals surface area contributed by atoms with Crippen LogP contribution in [0.15, 0.2) is 38.9 Å². The minimum Gasteiger partial charge on any atom is -0.546 e. The van der Waals surface area contributed by atoms with E-state index in [9.17, 15) is 19.5 Å². The molecule has 0 bridgehead atoms. The molecule has 1 aliphatic heterocycles. The molecule has 7 heteroatoms. The third-order valence-corrected chi connectivity index (χ3v) is 6.06. The van der Waals surface area contributed by atoms with Gasteiger partial charge in [0.15, 0.2) is 5.78 Å². The van der Waals surface area contributed by atoms with Gasteiger partial charge in [-0.15, -0.1) is 0 Å². The zero-order chi connectivity index (χ0) is 19.8. The van der Waals surface area contributed by atoms with Gasteiger partial charge in [0.25, 0.3) is 0 Å². The van der Waals surface area contributed by atoms with Crippen LogP contribution in [-0.4, -0.2) is 29.9 Å². The predicted molar refractivity (Wildman–Crippen MR) is 103 cm³/mol. The van der Waals surface area contributed by atoms with Gasteiger partial charge in [-0.2, -0.15) is 0 Å². The maximum absolute atomic E-state index is 12.9. The number of hydrogen-bond acceptors (Lipinski definition) is 6. The Morgan fingerprint density at radius 1 is 1.14 bits per heavy atom. The van der Waals surface area contributed by atoms with E-state index in [4.69, 9.17) is 9.73 Å². The molecule has 2 unspecified atom stereocenters. The molecule has 1 fully saturated rings. The molecule has 28 heavy (non-hydrogen) atoms. The van der Waals surface area contributed by atoms with Crippen molar-refractivity contribution in [1.82, 2.24) is 0 Å². The van der Waals surface area contributed by atoms with Gasteiger partial charge in [-0.25, -0.2) is 0 Å². The number of carbonyl (C=O) groups excluding carboxylic acids is 3. The van der Waals surface area contributed by atoms with Crippen molar-refractivity contribution in [3.05, 3.63) is 39.5 Å². The number of benzene rings is 1. The molecule has 1 aromatic carbocycles. The van der Waals surface area contributed by atoms with E-state index in [2.05, 4.69) is 15.9 Å². The van der Waals surface area contributed by atoms with Crippen molar-refractivity contribution in [2.24, 2.45) is 10.9 Å². The minimum atomic E-state index is -1.33. The third-order valence-electron chi connectivity index (χ3n) is 5.57. The van der Waals surface area contributed by atoms with Crippen LogP contribution >= 0.6 is 15.9 Å². The summed E-state index contributed by atoms with van der Waals surface area (Å²) in [6, 6.07) is 5.22. The summed E-state index contributed by atoms with van der Waals surface area (Å²) in [4.78, 5) is 41.4. The fourth-order valence-electron chi connectivity index (χ4n) is 4.47. The van der Waals surface area contributed by atoms with Crippen LogP contribution in [0.3, 0.4) is 0 Å². The maximum Gasteiger partial charge on any atom is 0.161 e. The lowest BCUT2D eigenvalue weighted by atomic mass is 9.67. The monoisotopic (exact) mass is 444 g/mol. The molecular weight excluding hydrogens is 426 g/mol. The maximum atomic E-state index is 12.9. The van der Waals surface area contributed by atoms with E-state index in [0.29, 0.717) is 36.1 Å². The molecule has 0 aromatic heterocycles. The average molecular weight is 445 g/mol. The highest BCUT2D eigenvalue weighted by Crippen LogP contribution is 2.48. The molecule has 1 saturated carbocycles. The van der Waals surface area contributed by atoms with Crippen molar-refractivity contribution in [1.29, 1.82) is 0 Å². The van der Waals surface area contributed by atoms with Crippen LogP contribution in [0.1, 0.15) is 50.0 Å². The third kappa shape index (κ3) is 3.43. The van der Waals surface area contributed by atoms with Crippen molar-refractivity contribution < 1.29 is 24.2 Å². The second-order valence-corrected chi connectivity index (χ2v) is 8.27. The zero-order valence-electron chi connectivity index (χ0n) is 15.2. The van der Waals surface area contributed by atoms with Gasteiger partial charge in [0.2, 0.25) is 0 Å². The molecule has 146 valence electrons. The highest BCUT2D eigenvalue weighted by molar-refractivity contribution is 9.10. The van der Waals surface area contributed by atoms with Crippen molar-refractivity contribution in [3.8, 4) is 5.75 Å². The number of aliphatic carboxylic acids is 1. The number of carboxylic acids is 1. The Bertz CT molecular complexity index is 933. The number of aliphatic imine (C=N–C) groups is 1. The number of ketones is 2. The van der Waals surface area contributed by atoms with Gasteiger partial charge in [0.05, 0.1) is 11.9 Å². The molecular formula is C21H19BrNO5-. The fourth-order valence-corrected chi connectivity index (χ4v) is 4.84. The SMILES string of the molecule is O=C([O-])COc1ccc(Br)cc1C1C2=C(CCCC2=O)N=C2CCCC(=O)C21. The molecule has 2 aliphatic carbocycles. The van der Waals surface area contributed by atoms with E-state index in [-0.39, 0.29) is 11.6 Å². The van der Waals surface area contributed by atoms with E-state index in [0.717, 1.165) is 35.1 Å². The largest absolute Gasteiger partial charge is 0.546 e. The normalized spacial score (nSPS) is 24.4. The number of Topliss-reactive ketones (excluding diaryl/α,β-unsaturated/α-hetero) is 2. The molecule has 0 radical (unpaired) electrons. The highest BCUT2D eigenvalue weighted by atomic mass is 79.9. The lowest BCUT2D eigenvalue weighted by Crippen LogP contribution is -2.40. The summed E-state index contributed by atoms with van der Waals surface area (Å²) in [6.07, 6.45) is 3.87. The summed E-state index contributed by atoms with van der Waals surface area (Å²) in [5, 5.41) is 10.9. The van der Waals surface area contributed by atoms with Crippen LogP contribution in [0.4, 0.5) is 0 Å². The number of fused-ring (bicyclic) bond motifs is 1. The van der Waals surface area contributed by atoms with E-state index in [1.807, 2.05) is 6.07 Å². The number of rotatable bonds is 4. The Morgan fingerprint density at radius 3 is 2.71 bits per heavy atom. The lowest BCUT2D eigenvalue weighted by Gasteiger charge is -2.38. The van der Waals surface area contributed by atoms with Crippen molar-refractivity contribution in [2.75, 3.05) is 6.61 Å². The van der Waals surface area contributed by atoms with Crippen molar-refractivity contribution in [3.63, 3.8) is 0 Å². The Hall–Kier alpha value is -2.28. The quantitative estimate of drug-likeness (QED) is 0.710. The van der Waals surface area contributed by atoms with Crippen LogP contribution in [0.25, 0.3) is 0 Å². The molecule has 0 spiro atoms. The molecule has 2 atom stereocenters. The van der Waals surface area contributed by atoms with Gasteiger partial charge >= 0.3 is 0 Å². The molecule has 1 aromatic rings. The van der Waals surface area contributed by atoms with Crippen LogP contribution < -0.4 is 9.84 Å². The van der Waals surface area contributed by atoms with Crippen LogP contribution in [0.2, 0.25) is 0 Å². The number of ether oxygens (including phenoxy) is 1. The number of hydrogen-bond donors (Lipinski definition) is 0. The summed E-state index contributed by atoms with van der Waals surface area (Å²) < 4.78 is 6.23. The van der Waals surface area contributed by atoms with E-state index >= 15 is 0 Å². The smallest absolute Gasteiger partial charge is 0.161 e. The van der Waals surface area contributed by atoms with Crippen molar-refractivity contribution in [2.45, 2.75) is 44.4 Å². The number of carbonyl (C=O) groups is 3. The summed E-state index contributed by atoms with van der Waals surface area (Å²) >= 11 is 3.45. The van der Waals surface area contributed by atoms with Crippen LogP contribution in [0.5, 0.6) is 5.75 Å². The molecule has 1 heterocycles. The number of halogens is 1. The van der Waals surface area contributed by atoms with E-state index in [1.54, 1.807) is 12.1 Å². The summed E-state index contributed by atoms with van der Waals surface area (Å²) in [5.41, 5.74) is 2.84. The Kier molecular flexibility index (Phi) is 5.19. The minimum absolute atomic E-state index is 0.0123. The van der Waals surface area contributed by atoms with Gasteiger partial charge in [0.1, 0.15) is 18.1 Å². The zero-order valence-corrected chi connectivity index (χ0v) is 16.8. The lowest BCUT2D eigenvalue weighted by molar-refractivity contribution is -0.307. The number of carboxylic acid groups (broad SMARTS) is 1. The Balaban J connectivity index is 1.88. The fraction of sp³-hybridized carbons (Fsp3) is 0.429. The molecule has 4 rings (SSSR count). The first kappa shape index (κ1) is 19.1. The second kappa shape index (κ2) is 7.62. The van der Waals surface area contributed by atoms with Gasteiger partial charge in [-0.1, -0.05) is 15.9 Å². The van der Waals surface area contributed by atoms with E-state index in [1.165, 1.54) is 0 Å². The molecule has 3 aliphatic rings. The van der Waals surface area contributed by atoms with Gasteiger partial charge in [-0.3, -0.25) is 14.6 Å². The van der Waals surface area contributed by atoms with Gasteiger partial charge < -0.3 is 14.6 Å². The van der Waals surface area contributed by atoms with Gasteiger partial charge in [0, 0.05) is 45.8 Å². The second-order valence-electron chi connectivity index (χ2n) is 7.36. The number of nitrogens with zero attached hydrogens (tertiary/aromatic N) is 1. The van der Waals surface area contributed by atoms with Crippen LogP contribution in [0, 0.1) is 5.92 Å². The summed E-state index contributed by atoms with van der Waals surface area (Å²) in [5.74, 6) is -1.88. The first-order chi connectivity index (χ1) is 13.5. The summed E-state index contributed by atoms with van der Waals surface area (Å²) in [6.45, 7) is -0.596. The molecule has 6 nitrogen and oxygen atoms in total. The number of allylic oxidation sites excluding steroid dienone is 2. The highest BCUT2D eigenvalue weighted by Gasteiger charge is 2.45. The molecule has 0 N–H and O–H groups in total. The predicted octanol–water partition coefficient (Wildman–Crippen LogP) is 2.49. The topological polar surface area (TPSA) is 95.9 Å².